The highest BCUT2D eigenvalue weighted by Gasteiger charge is 2.42. The zero-order valence-electron chi connectivity index (χ0n) is 12.3. The Labute approximate surface area is 139 Å². The third-order valence-electron chi connectivity index (χ3n) is 3.47. The molecule has 0 saturated carbocycles. The van der Waals surface area contributed by atoms with E-state index in [0.29, 0.717) is 16.5 Å². The first-order chi connectivity index (χ1) is 10.9. The fourth-order valence-electron chi connectivity index (χ4n) is 2.23. The van der Waals surface area contributed by atoms with Gasteiger partial charge < -0.3 is 24.4 Å². The summed E-state index contributed by atoms with van der Waals surface area (Å²) in [4.78, 5) is 0. The van der Waals surface area contributed by atoms with Gasteiger partial charge in [0.1, 0.15) is 36.4 Å². The third-order valence-corrected chi connectivity index (χ3v) is 4.23. The summed E-state index contributed by atoms with van der Waals surface area (Å²) in [6, 6.07) is 4.87. The van der Waals surface area contributed by atoms with E-state index >= 15 is 0 Å². The molecule has 0 aromatic heterocycles. The number of rotatable bonds is 6. The summed E-state index contributed by atoms with van der Waals surface area (Å²) in [6.07, 6.45) is -3.97. The molecule has 1 saturated heterocycles. The van der Waals surface area contributed by atoms with E-state index in [1.54, 1.807) is 18.2 Å². The molecule has 9 heteroatoms. The lowest BCUT2D eigenvalue weighted by atomic mass is 10.1. The summed E-state index contributed by atoms with van der Waals surface area (Å²) in [5.74, 6) is 0.963. The van der Waals surface area contributed by atoms with Gasteiger partial charge in [0.05, 0.1) is 18.2 Å². The van der Waals surface area contributed by atoms with Gasteiger partial charge >= 0.3 is 0 Å². The van der Waals surface area contributed by atoms with Crippen LogP contribution in [0.4, 0.5) is 0 Å². The molecule has 0 bridgehead atoms. The zero-order chi connectivity index (χ0) is 17.0. The SMILES string of the molecule is COc1ccc(OC[C@H]2O[C@@H](CC=S(=O)=O)[C@@H](O)[C@H]2O)c(Cl)c1. The molecule has 1 aromatic carbocycles. The largest absolute Gasteiger partial charge is 0.497 e. The molecule has 1 aromatic rings. The van der Waals surface area contributed by atoms with Gasteiger partial charge in [0.15, 0.2) is 0 Å². The predicted molar refractivity (Wildman–Crippen MR) is 83.8 cm³/mol. The molecule has 1 fully saturated rings. The minimum Gasteiger partial charge on any atom is -0.497 e. The minimum atomic E-state index is -2.35. The predicted octanol–water partition coefficient (Wildman–Crippen LogP) is 0.288. The lowest BCUT2D eigenvalue weighted by molar-refractivity contribution is -0.0134. The number of hydrogen-bond donors (Lipinski definition) is 2. The number of halogens is 1. The van der Waals surface area contributed by atoms with Gasteiger partial charge in [-0.1, -0.05) is 11.6 Å². The summed E-state index contributed by atoms with van der Waals surface area (Å²) in [5, 5.41) is 21.1. The van der Waals surface area contributed by atoms with Gasteiger partial charge in [-0.15, -0.1) is 0 Å². The van der Waals surface area contributed by atoms with Crippen LogP contribution in [-0.4, -0.2) is 62.1 Å². The van der Waals surface area contributed by atoms with E-state index in [1.165, 1.54) is 7.11 Å². The lowest BCUT2D eigenvalue weighted by Crippen LogP contribution is -2.35. The smallest absolute Gasteiger partial charge is 0.210 e. The molecule has 0 spiro atoms. The number of aliphatic hydroxyl groups excluding tert-OH is 2. The molecule has 128 valence electrons. The van der Waals surface area contributed by atoms with E-state index in [9.17, 15) is 18.6 Å². The van der Waals surface area contributed by atoms with Crippen molar-refractivity contribution in [2.75, 3.05) is 13.7 Å². The van der Waals surface area contributed by atoms with Gasteiger partial charge in [-0.3, -0.25) is 0 Å². The number of hydrogen-bond acceptors (Lipinski definition) is 7. The van der Waals surface area contributed by atoms with Crippen molar-refractivity contribution >= 4 is 27.3 Å². The van der Waals surface area contributed by atoms with Crippen LogP contribution in [-0.2, 0) is 15.0 Å². The Morgan fingerprint density at radius 3 is 2.61 bits per heavy atom. The van der Waals surface area contributed by atoms with Crippen LogP contribution >= 0.6 is 11.6 Å². The Morgan fingerprint density at radius 1 is 1.30 bits per heavy atom. The van der Waals surface area contributed by atoms with Crippen molar-refractivity contribution in [2.24, 2.45) is 0 Å². The van der Waals surface area contributed by atoms with Gasteiger partial charge in [0.2, 0.25) is 10.3 Å². The van der Waals surface area contributed by atoms with Gasteiger partial charge in [0.25, 0.3) is 0 Å². The molecule has 0 aliphatic carbocycles. The van der Waals surface area contributed by atoms with Crippen molar-refractivity contribution < 1.29 is 32.8 Å². The standard InChI is InChI=1S/C14H17ClO7S/c1-20-8-2-3-10(9(15)6-8)21-7-12-14(17)13(16)11(22-12)4-5-23(18)19/h2-3,5-6,11-14,16-17H,4,7H2,1H3/t11-,12+,13+,14-/m0/s1. The molecule has 2 N–H and O–H groups in total. The second-order valence-corrected chi connectivity index (χ2v) is 6.23. The van der Waals surface area contributed by atoms with Crippen molar-refractivity contribution in [1.29, 1.82) is 0 Å². The maximum Gasteiger partial charge on any atom is 0.210 e. The molecule has 1 heterocycles. The summed E-state index contributed by atoms with van der Waals surface area (Å²) in [6.45, 7) is -0.0404. The molecule has 4 atom stereocenters. The van der Waals surface area contributed by atoms with Crippen molar-refractivity contribution in [2.45, 2.75) is 30.8 Å². The van der Waals surface area contributed by atoms with Crippen LogP contribution in [0.3, 0.4) is 0 Å². The Morgan fingerprint density at radius 2 is 2.00 bits per heavy atom. The third kappa shape index (κ3) is 4.58. The summed E-state index contributed by atoms with van der Waals surface area (Å²) >= 11 is 6.04. The molecule has 0 radical (unpaired) electrons. The Kier molecular flexibility index (Phi) is 6.25. The zero-order valence-corrected chi connectivity index (χ0v) is 13.8. The van der Waals surface area contributed by atoms with Crippen molar-refractivity contribution in [3.63, 3.8) is 0 Å². The summed E-state index contributed by atoms with van der Waals surface area (Å²) in [5.41, 5.74) is 0. The molecule has 23 heavy (non-hydrogen) atoms. The normalized spacial score (nSPS) is 26.8. The van der Waals surface area contributed by atoms with Crippen molar-refractivity contribution in [3.05, 3.63) is 23.2 Å². The second-order valence-electron chi connectivity index (χ2n) is 4.96. The van der Waals surface area contributed by atoms with Gasteiger partial charge in [-0.25, -0.2) is 0 Å². The highest BCUT2D eigenvalue weighted by atomic mass is 35.5. The van der Waals surface area contributed by atoms with E-state index < -0.39 is 34.7 Å². The molecule has 7 nitrogen and oxygen atoms in total. The lowest BCUT2D eigenvalue weighted by Gasteiger charge is -2.16. The van der Waals surface area contributed by atoms with E-state index in [2.05, 4.69) is 0 Å². The fraction of sp³-hybridized carbons (Fsp3) is 0.500. The average molecular weight is 365 g/mol. The van der Waals surface area contributed by atoms with Gasteiger partial charge in [0, 0.05) is 17.9 Å². The van der Waals surface area contributed by atoms with E-state index in [4.69, 9.17) is 25.8 Å². The minimum absolute atomic E-state index is 0.0197. The molecule has 0 amide bonds. The van der Waals surface area contributed by atoms with Crippen molar-refractivity contribution in [3.8, 4) is 11.5 Å². The maximum absolute atomic E-state index is 10.5. The monoisotopic (exact) mass is 364 g/mol. The topological polar surface area (TPSA) is 102 Å². The van der Waals surface area contributed by atoms with Crippen LogP contribution in [0.1, 0.15) is 6.42 Å². The highest BCUT2D eigenvalue weighted by molar-refractivity contribution is 7.71. The van der Waals surface area contributed by atoms with Crippen LogP contribution in [0.25, 0.3) is 0 Å². The Balaban J connectivity index is 1.96. The number of ether oxygens (including phenoxy) is 3. The average Bonchev–Trinajstić information content (AvgIpc) is 2.79. The van der Waals surface area contributed by atoms with Crippen LogP contribution < -0.4 is 9.47 Å². The molecular weight excluding hydrogens is 348 g/mol. The van der Waals surface area contributed by atoms with Crippen LogP contribution in [0.5, 0.6) is 11.5 Å². The quantitative estimate of drug-likeness (QED) is 0.699. The van der Waals surface area contributed by atoms with E-state index in [1.807, 2.05) is 0 Å². The van der Waals surface area contributed by atoms with Crippen molar-refractivity contribution in [1.82, 2.24) is 0 Å². The van der Waals surface area contributed by atoms with Crippen LogP contribution in [0.15, 0.2) is 18.2 Å². The summed E-state index contributed by atoms with van der Waals surface area (Å²) in [7, 11) is -0.831. The molecule has 0 unspecified atom stereocenters. The second kappa shape index (κ2) is 7.98. The van der Waals surface area contributed by atoms with Gasteiger partial charge in [-0.2, -0.15) is 8.42 Å². The maximum atomic E-state index is 10.5. The first-order valence-electron chi connectivity index (χ1n) is 6.81. The molecule has 1 aliphatic heterocycles. The van der Waals surface area contributed by atoms with Gasteiger partial charge in [-0.05, 0) is 12.1 Å². The number of benzene rings is 1. The molecular formula is C14H17ClO7S. The van der Waals surface area contributed by atoms with E-state index in [0.717, 1.165) is 5.37 Å². The van der Waals surface area contributed by atoms with E-state index in [-0.39, 0.29) is 13.0 Å². The highest BCUT2D eigenvalue weighted by Crippen LogP contribution is 2.30. The first-order valence-corrected chi connectivity index (χ1v) is 8.33. The number of aliphatic hydroxyl groups is 2. The van der Waals surface area contributed by atoms with Crippen LogP contribution in [0, 0.1) is 0 Å². The Bertz CT molecular complexity index is 668. The summed E-state index contributed by atoms with van der Waals surface area (Å²) < 4.78 is 37.0. The fourth-order valence-corrected chi connectivity index (χ4v) is 2.80. The van der Waals surface area contributed by atoms with Crippen LogP contribution in [0.2, 0.25) is 5.02 Å². The first kappa shape index (κ1) is 18.0. The molecule has 1 aliphatic rings. The Hall–Kier alpha value is -1.32. The molecule has 2 rings (SSSR count). The number of methoxy groups -OCH3 is 1.